The lowest BCUT2D eigenvalue weighted by atomic mass is 9.93. The molecule has 2 aliphatic rings. The lowest BCUT2D eigenvalue weighted by Gasteiger charge is -2.43. The topological polar surface area (TPSA) is 76.5 Å². The molecule has 7 nitrogen and oxygen atoms in total. The van der Waals surface area contributed by atoms with E-state index in [1.165, 1.54) is 0 Å². The zero-order chi connectivity index (χ0) is 22.3. The summed E-state index contributed by atoms with van der Waals surface area (Å²) in [4.78, 5) is 30.1. The number of nitrogens with one attached hydrogen (secondary N) is 1. The van der Waals surface area contributed by atoms with Crippen molar-refractivity contribution >= 4 is 28.8 Å². The Morgan fingerprint density at radius 3 is 2.72 bits per heavy atom. The molecule has 1 saturated carbocycles. The third-order valence-electron chi connectivity index (χ3n) is 6.43. The number of fused-ring (bicyclic) bond motifs is 1. The summed E-state index contributed by atoms with van der Waals surface area (Å²) >= 11 is 1.57. The van der Waals surface area contributed by atoms with Gasteiger partial charge >= 0.3 is 0 Å². The van der Waals surface area contributed by atoms with E-state index in [-0.39, 0.29) is 24.4 Å². The first-order chi connectivity index (χ1) is 15.5. The summed E-state index contributed by atoms with van der Waals surface area (Å²) < 4.78 is 7.24. The van der Waals surface area contributed by atoms with Crippen LogP contribution in [0.2, 0.25) is 0 Å². The third kappa shape index (κ3) is 3.39. The van der Waals surface area contributed by atoms with Gasteiger partial charge in [0.2, 0.25) is 5.91 Å². The van der Waals surface area contributed by atoms with Crippen LogP contribution in [0.1, 0.15) is 43.1 Å². The number of carbonyl (C=O) groups is 2. The van der Waals surface area contributed by atoms with Crippen LogP contribution < -0.4 is 15.0 Å². The number of methoxy groups -OCH3 is 1. The molecule has 0 spiro atoms. The first kappa shape index (κ1) is 20.8. The van der Waals surface area contributed by atoms with Crippen molar-refractivity contribution in [3.8, 4) is 16.3 Å². The minimum Gasteiger partial charge on any atom is -0.495 e. The van der Waals surface area contributed by atoms with E-state index < -0.39 is 5.54 Å². The van der Waals surface area contributed by atoms with Crippen LogP contribution in [0.4, 0.5) is 5.69 Å². The maximum atomic E-state index is 13.9. The van der Waals surface area contributed by atoms with Crippen LogP contribution in [0.3, 0.4) is 0 Å². The quantitative estimate of drug-likeness (QED) is 0.635. The van der Waals surface area contributed by atoms with Gasteiger partial charge in [-0.05, 0) is 49.4 Å². The fourth-order valence-corrected chi connectivity index (χ4v) is 5.41. The first-order valence-electron chi connectivity index (χ1n) is 10.9. The second-order valence-electron chi connectivity index (χ2n) is 8.59. The number of anilines is 1. The molecular formula is C24H26N4O3S. The van der Waals surface area contributed by atoms with Gasteiger partial charge in [0.15, 0.2) is 0 Å². The van der Waals surface area contributed by atoms with E-state index in [2.05, 4.69) is 5.32 Å². The van der Waals surface area contributed by atoms with Gasteiger partial charge in [-0.2, -0.15) is 5.10 Å². The Hall–Kier alpha value is -3.13. The van der Waals surface area contributed by atoms with E-state index in [0.29, 0.717) is 17.1 Å². The molecule has 3 aromatic rings. The maximum absolute atomic E-state index is 13.9. The number of nitrogens with zero attached hydrogens (tertiary/aromatic N) is 3. The molecule has 1 atom stereocenters. The van der Waals surface area contributed by atoms with E-state index in [9.17, 15) is 9.59 Å². The third-order valence-corrected chi connectivity index (χ3v) is 7.32. The standard InChI is InChI=1S/C24H26N4O3S/c1-24(23(30)25-16-8-3-4-9-16)15-27-19(14-17(26-27)21-12-7-13-32-21)22(29)28(24)18-10-5-6-11-20(18)31-2/h5-7,10-14,16H,3-4,8-9,15H2,1-2H3,(H,25,30)/t24-/m0/s1. The SMILES string of the molecule is COc1ccccc1N1C(=O)c2cc(-c3cccs3)nn2C[C@@]1(C)C(=O)NC1CCCC1. The van der Waals surface area contributed by atoms with Gasteiger partial charge in [0.25, 0.3) is 5.91 Å². The molecule has 0 unspecified atom stereocenters. The number of thiophene rings is 1. The molecule has 1 fully saturated rings. The Bertz CT molecular complexity index is 1150. The number of benzene rings is 1. The van der Waals surface area contributed by atoms with Gasteiger partial charge in [-0.15, -0.1) is 11.3 Å². The Balaban J connectivity index is 1.61. The van der Waals surface area contributed by atoms with E-state index >= 15 is 0 Å². The molecule has 0 saturated heterocycles. The van der Waals surface area contributed by atoms with Crippen molar-refractivity contribution in [1.82, 2.24) is 15.1 Å². The van der Waals surface area contributed by atoms with Crippen molar-refractivity contribution in [2.75, 3.05) is 12.0 Å². The predicted octanol–water partition coefficient (Wildman–Crippen LogP) is 4.10. The number of aromatic nitrogens is 2. The van der Waals surface area contributed by atoms with Crippen LogP contribution >= 0.6 is 11.3 Å². The molecule has 0 bridgehead atoms. The largest absolute Gasteiger partial charge is 0.495 e. The zero-order valence-corrected chi connectivity index (χ0v) is 19.0. The first-order valence-corrected chi connectivity index (χ1v) is 11.8. The molecule has 3 heterocycles. The number of carbonyl (C=O) groups excluding carboxylic acids is 2. The van der Waals surface area contributed by atoms with Gasteiger partial charge in [-0.25, -0.2) is 0 Å². The second-order valence-corrected chi connectivity index (χ2v) is 9.54. The lowest BCUT2D eigenvalue weighted by molar-refractivity contribution is -0.127. The van der Waals surface area contributed by atoms with Crippen molar-refractivity contribution in [2.24, 2.45) is 0 Å². The molecule has 1 N–H and O–H groups in total. The Labute approximate surface area is 191 Å². The molecule has 166 valence electrons. The summed E-state index contributed by atoms with van der Waals surface area (Å²) in [6, 6.07) is 13.2. The average molecular weight is 451 g/mol. The highest BCUT2D eigenvalue weighted by molar-refractivity contribution is 7.13. The highest BCUT2D eigenvalue weighted by atomic mass is 32.1. The van der Waals surface area contributed by atoms with Crippen molar-refractivity contribution in [3.05, 3.63) is 53.5 Å². The van der Waals surface area contributed by atoms with Crippen LogP contribution in [0.5, 0.6) is 5.75 Å². The van der Waals surface area contributed by atoms with Crippen molar-refractivity contribution < 1.29 is 14.3 Å². The Morgan fingerprint density at radius 1 is 1.22 bits per heavy atom. The molecule has 0 radical (unpaired) electrons. The number of hydrogen-bond acceptors (Lipinski definition) is 5. The smallest absolute Gasteiger partial charge is 0.277 e. The fraction of sp³-hybridized carbons (Fsp3) is 0.375. The van der Waals surface area contributed by atoms with Crippen LogP contribution in [0, 0.1) is 0 Å². The van der Waals surface area contributed by atoms with E-state index in [4.69, 9.17) is 9.84 Å². The van der Waals surface area contributed by atoms with E-state index in [1.807, 2.05) is 48.7 Å². The average Bonchev–Trinajstić information content (AvgIpc) is 3.55. The zero-order valence-electron chi connectivity index (χ0n) is 18.2. The highest BCUT2D eigenvalue weighted by Gasteiger charge is 2.50. The molecule has 1 aromatic carbocycles. The number of ether oxygens (including phenoxy) is 1. The molecule has 8 heteroatoms. The van der Waals surface area contributed by atoms with Crippen LogP contribution in [0.15, 0.2) is 47.8 Å². The van der Waals surface area contributed by atoms with E-state index in [1.54, 1.807) is 34.1 Å². The summed E-state index contributed by atoms with van der Waals surface area (Å²) in [5, 5.41) is 9.87. The second kappa shape index (κ2) is 8.09. The molecule has 5 rings (SSSR count). The van der Waals surface area contributed by atoms with Crippen molar-refractivity contribution in [3.63, 3.8) is 0 Å². The molecule has 1 aliphatic carbocycles. The van der Waals surface area contributed by atoms with Gasteiger partial charge in [0, 0.05) is 6.04 Å². The van der Waals surface area contributed by atoms with Crippen LogP contribution in [-0.2, 0) is 11.3 Å². The lowest BCUT2D eigenvalue weighted by Crippen LogP contribution is -2.65. The number of para-hydroxylation sites is 2. The van der Waals surface area contributed by atoms with Gasteiger partial charge in [-0.3, -0.25) is 19.2 Å². The van der Waals surface area contributed by atoms with Gasteiger partial charge in [-0.1, -0.05) is 31.0 Å². The number of amides is 2. The molecule has 1 aliphatic heterocycles. The molecule has 32 heavy (non-hydrogen) atoms. The highest BCUT2D eigenvalue weighted by Crippen LogP contribution is 2.39. The molecular weight excluding hydrogens is 424 g/mol. The van der Waals surface area contributed by atoms with Crippen LogP contribution in [0.25, 0.3) is 10.6 Å². The minimum atomic E-state index is -1.15. The summed E-state index contributed by atoms with van der Waals surface area (Å²) in [6.07, 6.45) is 4.18. The Morgan fingerprint density at radius 2 is 2.00 bits per heavy atom. The Kier molecular flexibility index (Phi) is 5.25. The molecule has 2 amide bonds. The predicted molar refractivity (Wildman–Crippen MR) is 124 cm³/mol. The fourth-order valence-electron chi connectivity index (χ4n) is 4.73. The van der Waals surface area contributed by atoms with Gasteiger partial charge < -0.3 is 10.1 Å². The van der Waals surface area contributed by atoms with Crippen LogP contribution in [-0.4, -0.2) is 40.3 Å². The maximum Gasteiger partial charge on any atom is 0.277 e. The monoisotopic (exact) mass is 450 g/mol. The number of rotatable bonds is 5. The van der Waals surface area contributed by atoms with Gasteiger partial charge in [0.1, 0.15) is 22.7 Å². The number of hydrogen-bond donors (Lipinski definition) is 1. The molecule has 2 aromatic heterocycles. The normalized spacial score (nSPS) is 20.9. The minimum absolute atomic E-state index is 0.148. The summed E-state index contributed by atoms with van der Waals surface area (Å²) in [6.45, 7) is 2.08. The van der Waals surface area contributed by atoms with E-state index in [0.717, 1.165) is 36.3 Å². The van der Waals surface area contributed by atoms with Crippen molar-refractivity contribution in [1.29, 1.82) is 0 Å². The summed E-state index contributed by atoms with van der Waals surface area (Å²) in [5.74, 6) is 0.120. The summed E-state index contributed by atoms with van der Waals surface area (Å²) in [5.41, 5.74) is 0.628. The summed E-state index contributed by atoms with van der Waals surface area (Å²) in [7, 11) is 1.57. The van der Waals surface area contributed by atoms with Gasteiger partial charge in [0.05, 0.1) is 24.2 Å². The van der Waals surface area contributed by atoms with Crippen molar-refractivity contribution in [2.45, 2.75) is 50.7 Å².